The third kappa shape index (κ3) is 25.9. The zero-order valence-corrected chi connectivity index (χ0v) is 21.7. The molecule has 0 atom stereocenters. The Balaban J connectivity index is 3.29. The first-order valence-corrected chi connectivity index (χ1v) is 13.4. The van der Waals surface area contributed by atoms with E-state index < -0.39 is 3.79 Å². The number of alkyl halides is 3. The van der Waals surface area contributed by atoms with Crippen molar-refractivity contribution in [1.82, 2.24) is 0 Å². The molecule has 0 rings (SSSR count). The van der Waals surface area contributed by atoms with Crippen LogP contribution in [-0.4, -0.2) is 28.9 Å². The van der Waals surface area contributed by atoms with E-state index >= 15 is 0 Å². The number of halogens is 3. The van der Waals surface area contributed by atoms with Crippen LogP contribution in [0.3, 0.4) is 0 Å². The monoisotopic (exact) mass is 500 g/mol. The third-order valence-corrected chi connectivity index (χ3v) is 5.50. The molecule has 4 nitrogen and oxygen atoms in total. The molecule has 0 aromatic carbocycles. The second kappa shape index (κ2) is 21.6. The molecule has 0 N–H and O–H groups in total. The Bertz CT molecular complexity index is 439. The molecule has 0 amide bonds. The fraction of sp³-hybridized carbons (Fsp3) is 0.917. The van der Waals surface area contributed by atoms with Gasteiger partial charge in [0.15, 0.2) is 0 Å². The highest BCUT2D eigenvalue weighted by molar-refractivity contribution is 6.67. The molecular formula is C24H43Cl3O4. The van der Waals surface area contributed by atoms with Gasteiger partial charge < -0.3 is 9.47 Å². The van der Waals surface area contributed by atoms with E-state index in [0.717, 1.165) is 51.4 Å². The Hall–Kier alpha value is -0.190. The maximum absolute atomic E-state index is 11.7. The maximum Gasteiger partial charge on any atom is 0.305 e. The lowest BCUT2D eigenvalue weighted by molar-refractivity contribution is -0.144. The largest absolute Gasteiger partial charge is 0.466 e. The van der Waals surface area contributed by atoms with Crippen molar-refractivity contribution in [3.05, 3.63) is 0 Å². The van der Waals surface area contributed by atoms with E-state index in [1.807, 2.05) is 0 Å². The zero-order valence-electron chi connectivity index (χ0n) is 19.4. The van der Waals surface area contributed by atoms with Gasteiger partial charge in [0.1, 0.15) is 6.61 Å². The summed E-state index contributed by atoms with van der Waals surface area (Å²) in [5.41, 5.74) is 0. The quantitative estimate of drug-likeness (QED) is 0.0898. The van der Waals surface area contributed by atoms with E-state index in [4.69, 9.17) is 44.3 Å². The van der Waals surface area contributed by atoms with Crippen LogP contribution in [0, 0.1) is 0 Å². The van der Waals surface area contributed by atoms with E-state index in [1.165, 1.54) is 51.4 Å². The van der Waals surface area contributed by atoms with Crippen LogP contribution in [-0.2, 0) is 19.1 Å². The van der Waals surface area contributed by atoms with Gasteiger partial charge in [-0.15, -0.1) is 0 Å². The number of hydrogen-bond donors (Lipinski definition) is 0. The highest BCUT2D eigenvalue weighted by Crippen LogP contribution is 2.26. The predicted molar refractivity (Wildman–Crippen MR) is 131 cm³/mol. The van der Waals surface area contributed by atoms with Crippen LogP contribution in [0.15, 0.2) is 0 Å². The molecule has 0 aliphatic carbocycles. The lowest BCUT2D eigenvalue weighted by Crippen LogP contribution is -2.17. The van der Waals surface area contributed by atoms with Crippen LogP contribution in [0.2, 0.25) is 0 Å². The summed E-state index contributed by atoms with van der Waals surface area (Å²) in [6.45, 7) is 2.59. The predicted octanol–water partition coefficient (Wildman–Crippen LogP) is 8.48. The zero-order chi connectivity index (χ0) is 23.2. The Morgan fingerprint density at radius 3 is 1.42 bits per heavy atom. The summed E-state index contributed by atoms with van der Waals surface area (Å²) in [5.74, 6) is -0.413. The van der Waals surface area contributed by atoms with Crippen molar-refractivity contribution < 1.29 is 19.1 Å². The SMILES string of the molecule is CCCCCCCCCCCCOC(=O)CCCCCCCCC(=O)OCC(Cl)(Cl)Cl. The molecule has 0 aliphatic heterocycles. The van der Waals surface area contributed by atoms with Gasteiger partial charge in [0.05, 0.1) is 6.61 Å². The summed E-state index contributed by atoms with van der Waals surface area (Å²) in [6, 6.07) is 0. The number of unbranched alkanes of at least 4 members (excludes halogenated alkanes) is 14. The van der Waals surface area contributed by atoms with Crippen molar-refractivity contribution in [2.24, 2.45) is 0 Å². The smallest absolute Gasteiger partial charge is 0.305 e. The van der Waals surface area contributed by atoms with Gasteiger partial charge in [-0.1, -0.05) is 125 Å². The molecule has 0 saturated heterocycles. The lowest BCUT2D eigenvalue weighted by atomic mass is 10.1. The first-order chi connectivity index (χ1) is 14.8. The maximum atomic E-state index is 11.7. The number of ether oxygens (including phenoxy) is 2. The second-order valence-corrected chi connectivity index (χ2v) is 10.8. The lowest BCUT2D eigenvalue weighted by Gasteiger charge is -2.11. The topological polar surface area (TPSA) is 52.6 Å². The average Bonchev–Trinajstić information content (AvgIpc) is 2.72. The van der Waals surface area contributed by atoms with E-state index in [-0.39, 0.29) is 18.5 Å². The summed E-state index contributed by atoms with van der Waals surface area (Å²) < 4.78 is 8.63. The van der Waals surface area contributed by atoms with Crippen molar-refractivity contribution in [1.29, 1.82) is 0 Å². The second-order valence-electron chi connectivity index (χ2n) is 8.30. The van der Waals surface area contributed by atoms with Crippen molar-refractivity contribution in [2.45, 2.75) is 126 Å². The Kier molecular flexibility index (Phi) is 21.5. The number of carbonyl (C=O) groups excluding carboxylic acids is 2. The van der Waals surface area contributed by atoms with Crippen molar-refractivity contribution in [3.63, 3.8) is 0 Å². The van der Waals surface area contributed by atoms with Crippen LogP contribution in [0.5, 0.6) is 0 Å². The van der Waals surface area contributed by atoms with Gasteiger partial charge in [-0.05, 0) is 19.3 Å². The highest BCUT2D eigenvalue weighted by atomic mass is 35.6. The molecule has 0 aromatic heterocycles. The van der Waals surface area contributed by atoms with Gasteiger partial charge in [0.25, 0.3) is 0 Å². The molecule has 0 spiro atoms. The summed E-state index contributed by atoms with van der Waals surface area (Å²) in [6.07, 6.45) is 19.3. The number of rotatable bonds is 21. The van der Waals surface area contributed by atoms with Crippen LogP contribution < -0.4 is 0 Å². The minimum absolute atomic E-state index is 0.0763. The summed E-state index contributed by atoms with van der Waals surface area (Å²) in [4.78, 5) is 23.2. The summed E-state index contributed by atoms with van der Waals surface area (Å²) in [7, 11) is 0. The van der Waals surface area contributed by atoms with Gasteiger partial charge >= 0.3 is 11.9 Å². The van der Waals surface area contributed by atoms with Gasteiger partial charge in [0, 0.05) is 12.8 Å². The Morgan fingerprint density at radius 1 is 0.581 bits per heavy atom. The van der Waals surface area contributed by atoms with E-state index in [2.05, 4.69) is 6.92 Å². The minimum Gasteiger partial charge on any atom is -0.466 e. The summed E-state index contributed by atoms with van der Waals surface area (Å²) >= 11 is 16.6. The molecule has 0 heterocycles. The van der Waals surface area contributed by atoms with Crippen LogP contribution in [0.25, 0.3) is 0 Å². The molecule has 0 radical (unpaired) electrons. The van der Waals surface area contributed by atoms with E-state index in [1.54, 1.807) is 0 Å². The van der Waals surface area contributed by atoms with Crippen LogP contribution in [0.4, 0.5) is 0 Å². The third-order valence-electron chi connectivity index (χ3n) is 5.17. The van der Waals surface area contributed by atoms with Crippen molar-refractivity contribution in [2.75, 3.05) is 13.2 Å². The molecular weight excluding hydrogens is 459 g/mol. The molecule has 0 saturated carbocycles. The molecule has 0 unspecified atom stereocenters. The Morgan fingerprint density at radius 2 is 0.968 bits per heavy atom. The fourth-order valence-electron chi connectivity index (χ4n) is 3.33. The van der Waals surface area contributed by atoms with E-state index in [0.29, 0.717) is 19.4 Å². The van der Waals surface area contributed by atoms with Gasteiger partial charge in [-0.3, -0.25) is 9.59 Å². The molecule has 7 heteroatoms. The highest BCUT2D eigenvalue weighted by Gasteiger charge is 2.21. The minimum atomic E-state index is -1.55. The van der Waals surface area contributed by atoms with E-state index in [9.17, 15) is 9.59 Å². The number of hydrogen-bond acceptors (Lipinski definition) is 4. The fourth-order valence-corrected chi connectivity index (χ4v) is 3.49. The first-order valence-electron chi connectivity index (χ1n) is 12.2. The average molecular weight is 502 g/mol. The van der Waals surface area contributed by atoms with Crippen molar-refractivity contribution >= 4 is 46.7 Å². The molecule has 0 fully saturated rings. The standard InChI is InChI=1S/C24H43Cl3O4/c1-2-3-4-5-6-7-8-11-14-17-20-30-22(28)18-15-12-9-10-13-16-19-23(29)31-21-24(25,26)27/h2-21H2,1H3. The number of carbonyl (C=O) groups is 2. The number of esters is 2. The molecule has 0 aromatic rings. The van der Waals surface area contributed by atoms with Crippen molar-refractivity contribution in [3.8, 4) is 0 Å². The van der Waals surface area contributed by atoms with Gasteiger partial charge in [-0.2, -0.15) is 0 Å². The summed E-state index contributed by atoms with van der Waals surface area (Å²) in [5, 5.41) is 0. The molecule has 0 aliphatic rings. The first kappa shape index (κ1) is 30.8. The molecule has 184 valence electrons. The normalized spacial score (nSPS) is 11.5. The van der Waals surface area contributed by atoms with Crippen LogP contribution >= 0.6 is 34.8 Å². The molecule has 31 heavy (non-hydrogen) atoms. The van der Waals surface area contributed by atoms with Crippen LogP contribution in [0.1, 0.15) is 122 Å². The van der Waals surface area contributed by atoms with Gasteiger partial charge in [-0.25, -0.2) is 0 Å². The molecule has 0 bridgehead atoms. The Labute approximate surface area is 205 Å². The van der Waals surface area contributed by atoms with Gasteiger partial charge in [0.2, 0.25) is 3.79 Å².